The van der Waals surface area contributed by atoms with Crippen LogP contribution in [0.25, 0.3) is 0 Å². The average molecular weight is 315 g/mol. The maximum atomic E-state index is 13.4. The molecule has 0 unspecified atom stereocenters. The zero-order chi connectivity index (χ0) is 16.4. The summed E-state index contributed by atoms with van der Waals surface area (Å²) in [6.07, 6.45) is -5.80. The SMILES string of the molecule is COc1cc(OC)c([C@H](N)C(F)(F)C(F)(F)F)c(OC)c1. The second kappa shape index (κ2) is 5.92. The highest BCUT2D eigenvalue weighted by atomic mass is 19.4. The van der Waals surface area contributed by atoms with Gasteiger partial charge in [-0.15, -0.1) is 0 Å². The minimum absolute atomic E-state index is 0.162. The Morgan fingerprint density at radius 1 is 0.905 bits per heavy atom. The van der Waals surface area contributed by atoms with E-state index in [1.807, 2.05) is 0 Å². The molecule has 1 aromatic carbocycles. The number of hydrogen-bond donors (Lipinski definition) is 1. The Labute approximate surface area is 117 Å². The normalized spacial score (nSPS) is 13.8. The highest BCUT2D eigenvalue weighted by Gasteiger charge is 2.62. The fraction of sp³-hybridized carbons (Fsp3) is 0.500. The van der Waals surface area contributed by atoms with E-state index < -0.39 is 23.7 Å². The van der Waals surface area contributed by atoms with Gasteiger partial charge in [-0.3, -0.25) is 0 Å². The summed E-state index contributed by atoms with van der Waals surface area (Å²) in [5.74, 6) is -5.57. The Balaban J connectivity index is 3.47. The van der Waals surface area contributed by atoms with E-state index in [1.54, 1.807) is 0 Å². The molecular formula is C12H14F5NO3. The molecule has 1 aromatic rings. The number of rotatable bonds is 5. The van der Waals surface area contributed by atoms with E-state index in [2.05, 4.69) is 0 Å². The lowest BCUT2D eigenvalue weighted by molar-refractivity contribution is -0.291. The fourth-order valence-electron chi connectivity index (χ4n) is 1.70. The maximum absolute atomic E-state index is 13.4. The van der Waals surface area contributed by atoms with Gasteiger partial charge in [0.1, 0.15) is 23.3 Å². The number of halogens is 5. The monoisotopic (exact) mass is 315 g/mol. The van der Waals surface area contributed by atoms with Gasteiger partial charge in [-0.1, -0.05) is 0 Å². The largest absolute Gasteiger partial charge is 0.496 e. The molecule has 9 heteroatoms. The molecule has 0 aromatic heterocycles. The van der Waals surface area contributed by atoms with E-state index in [-0.39, 0.29) is 17.2 Å². The summed E-state index contributed by atoms with van der Waals surface area (Å²) in [5.41, 5.74) is 4.54. The second-order valence-corrected chi connectivity index (χ2v) is 4.04. The predicted molar refractivity (Wildman–Crippen MR) is 64.0 cm³/mol. The summed E-state index contributed by atoms with van der Waals surface area (Å²) >= 11 is 0. The van der Waals surface area contributed by atoms with Crippen molar-refractivity contribution in [2.24, 2.45) is 5.73 Å². The van der Waals surface area contributed by atoms with Gasteiger partial charge in [0.15, 0.2) is 0 Å². The molecular weight excluding hydrogens is 301 g/mol. The molecule has 0 saturated heterocycles. The van der Waals surface area contributed by atoms with Crippen molar-refractivity contribution in [3.63, 3.8) is 0 Å². The minimum Gasteiger partial charge on any atom is -0.496 e. The molecule has 1 atom stereocenters. The van der Waals surface area contributed by atoms with Crippen LogP contribution in [-0.4, -0.2) is 33.4 Å². The Kier molecular flexibility index (Phi) is 4.87. The molecule has 0 spiro atoms. The zero-order valence-electron chi connectivity index (χ0n) is 11.4. The summed E-state index contributed by atoms with van der Waals surface area (Å²) in [6.45, 7) is 0. The Hall–Kier alpha value is -1.77. The number of ether oxygens (including phenoxy) is 3. The molecule has 2 N–H and O–H groups in total. The van der Waals surface area contributed by atoms with Crippen LogP contribution in [0.5, 0.6) is 17.2 Å². The number of methoxy groups -OCH3 is 3. The predicted octanol–water partition coefficient (Wildman–Crippen LogP) is 2.91. The molecule has 0 bridgehead atoms. The van der Waals surface area contributed by atoms with Gasteiger partial charge < -0.3 is 19.9 Å². The van der Waals surface area contributed by atoms with Gasteiger partial charge in [-0.25, -0.2) is 0 Å². The Morgan fingerprint density at radius 3 is 1.62 bits per heavy atom. The highest BCUT2D eigenvalue weighted by molar-refractivity contribution is 5.53. The highest BCUT2D eigenvalue weighted by Crippen LogP contribution is 2.48. The first kappa shape index (κ1) is 17.3. The lowest BCUT2D eigenvalue weighted by Crippen LogP contribution is -2.46. The van der Waals surface area contributed by atoms with Gasteiger partial charge in [0.05, 0.1) is 26.9 Å². The second-order valence-electron chi connectivity index (χ2n) is 4.04. The van der Waals surface area contributed by atoms with Crippen LogP contribution in [0.15, 0.2) is 12.1 Å². The standard InChI is InChI=1S/C12H14F5NO3/c1-19-6-4-7(20-2)9(8(5-6)21-3)10(18)11(13,14)12(15,16)17/h4-5,10H,18H2,1-3H3/t10-/m0/s1. The van der Waals surface area contributed by atoms with Gasteiger partial charge in [-0.05, 0) is 0 Å². The van der Waals surface area contributed by atoms with E-state index >= 15 is 0 Å². The zero-order valence-corrected chi connectivity index (χ0v) is 11.4. The Bertz CT molecular complexity index is 479. The molecule has 120 valence electrons. The molecule has 0 amide bonds. The van der Waals surface area contributed by atoms with Crippen LogP contribution < -0.4 is 19.9 Å². The van der Waals surface area contributed by atoms with Crippen LogP contribution >= 0.6 is 0 Å². The van der Waals surface area contributed by atoms with E-state index in [0.717, 1.165) is 26.4 Å². The first-order chi connectivity index (χ1) is 9.60. The van der Waals surface area contributed by atoms with Gasteiger partial charge in [0.25, 0.3) is 0 Å². The molecule has 0 aliphatic heterocycles. The summed E-state index contributed by atoms with van der Waals surface area (Å²) in [4.78, 5) is 0. The summed E-state index contributed by atoms with van der Waals surface area (Å²) in [6, 6.07) is -0.401. The number of benzene rings is 1. The van der Waals surface area contributed by atoms with Crippen molar-refractivity contribution in [3.05, 3.63) is 17.7 Å². The number of nitrogens with two attached hydrogens (primary N) is 1. The fourth-order valence-corrected chi connectivity index (χ4v) is 1.70. The lowest BCUT2D eigenvalue weighted by Gasteiger charge is -2.28. The van der Waals surface area contributed by atoms with Crippen molar-refractivity contribution in [1.82, 2.24) is 0 Å². The molecule has 0 radical (unpaired) electrons. The van der Waals surface area contributed by atoms with E-state index in [4.69, 9.17) is 19.9 Å². The number of alkyl halides is 5. The topological polar surface area (TPSA) is 53.7 Å². The van der Waals surface area contributed by atoms with Gasteiger partial charge in [-0.2, -0.15) is 22.0 Å². The minimum atomic E-state index is -5.80. The first-order valence-corrected chi connectivity index (χ1v) is 5.60. The molecule has 21 heavy (non-hydrogen) atoms. The third kappa shape index (κ3) is 3.12. The van der Waals surface area contributed by atoms with E-state index in [1.165, 1.54) is 7.11 Å². The van der Waals surface area contributed by atoms with Crippen molar-refractivity contribution in [2.75, 3.05) is 21.3 Å². The van der Waals surface area contributed by atoms with Crippen LogP contribution in [0.2, 0.25) is 0 Å². The summed E-state index contributed by atoms with van der Waals surface area (Å²) in [5, 5.41) is 0. The van der Waals surface area contributed by atoms with E-state index in [0.29, 0.717) is 0 Å². The van der Waals surface area contributed by atoms with Crippen molar-refractivity contribution >= 4 is 0 Å². The maximum Gasteiger partial charge on any atom is 0.455 e. The first-order valence-electron chi connectivity index (χ1n) is 5.60. The average Bonchev–Trinajstić information content (AvgIpc) is 2.43. The van der Waals surface area contributed by atoms with Crippen molar-refractivity contribution in [1.29, 1.82) is 0 Å². The molecule has 0 saturated carbocycles. The van der Waals surface area contributed by atoms with Crippen LogP contribution in [0.4, 0.5) is 22.0 Å². The third-order valence-electron chi connectivity index (χ3n) is 2.83. The molecule has 0 aliphatic carbocycles. The molecule has 0 heterocycles. The summed E-state index contributed by atoms with van der Waals surface area (Å²) in [7, 11) is 3.50. The van der Waals surface area contributed by atoms with Crippen LogP contribution in [0, 0.1) is 0 Å². The molecule has 4 nitrogen and oxygen atoms in total. The smallest absolute Gasteiger partial charge is 0.455 e. The molecule has 1 rings (SSSR count). The third-order valence-corrected chi connectivity index (χ3v) is 2.83. The van der Waals surface area contributed by atoms with Gasteiger partial charge in [0, 0.05) is 12.1 Å². The van der Waals surface area contributed by atoms with Crippen LogP contribution in [0.3, 0.4) is 0 Å². The van der Waals surface area contributed by atoms with Crippen LogP contribution in [0.1, 0.15) is 11.6 Å². The van der Waals surface area contributed by atoms with E-state index in [9.17, 15) is 22.0 Å². The van der Waals surface area contributed by atoms with Crippen molar-refractivity contribution in [2.45, 2.75) is 18.1 Å². The van der Waals surface area contributed by atoms with Crippen LogP contribution in [-0.2, 0) is 0 Å². The molecule has 0 aliphatic rings. The molecule has 0 fully saturated rings. The van der Waals surface area contributed by atoms with Gasteiger partial charge in [0.2, 0.25) is 0 Å². The van der Waals surface area contributed by atoms with Crippen molar-refractivity contribution < 1.29 is 36.2 Å². The summed E-state index contributed by atoms with van der Waals surface area (Å²) < 4.78 is 78.7. The van der Waals surface area contributed by atoms with Crippen molar-refractivity contribution in [3.8, 4) is 17.2 Å². The lowest BCUT2D eigenvalue weighted by atomic mass is 9.98. The van der Waals surface area contributed by atoms with Gasteiger partial charge >= 0.3 is 12.1 Å². The Morgan fingerprint density at radius 2 is 1.33 bits per heavy atom. The number of hydrogen-bond acceptors (Lipinski definition) is 4. The quantitative estimate of drug-likeness (QED) is 0.849.